The summed E-state index contributed by atoms with van der Waals surface area (Å²) in [5.41, 5.74) is 5.86. The van der Waals surface area contributed by atoms with E-state index >= 15 is 0 Å². The minimum atomic E-state index is -0.540. The van der Waals surface area contributed by atoms with Gasteiger partial charge in [0.05, 0.1) is 6.26 Å². The lowest BCUT2D eigenvalue weighted by molar-refractivity contribution is -0.120. The van der Waals surface area contributed by atoms with E-state index in [1.165, 1.54) is 12.3 Å². The molecular formula is C16H16N2O4. The molecule has 0 unspecified atom stereocenters. The van der Waals surface area contributed by atoms with Crippen LogP contribution in [0, 0.1) is 0 Å². The molecule has 2 amide bonds. The van der Waals surface area contributed by atoms with Crippen LogP contribution in [-0.4, -0.2) is 18.4 Å². The van der Waals surface area contributed by atoms with Crippen LogP contribution >= 0.6 is 0 Å². The maximum absolute atomic E-state index is 11.7. The minimum absolute atomic E-state index is 0.179. The lowest BCUT2D eigenvalue weighted by Crippen LogP contribution is -2.21. The quantitative estimate of drug-likeness (QED) is 0.757. The number of nitrogens with two attached hydrogens (primary N) is 1. The van der Waals surface area contributed by atoms with Gasteiger partial charge in [-0.1, -0.05) is 12.1 Å². The van der Waals surface area contributed by atoms with Crippen LogP contribution in [0.25, 0.3) is 6.08 Å². The molecule has 6 heteroatoms. The minimum Gasteiger partial charge on any atom is -0.484 e. The van der Waals surface area contributed by atoms with Crippen molar-refractivity contribution in [2.45, 2.75) is 6.54 Å². The highest BCUT2D eigenvalue weighted by Gasteiger charge is 2.01. The van der Waals surface area contributed by atoms with Crippen LogP contribution in [0.3, 0.4) is 0 Å². The molecule has 0 saturated heterocycles. The van der Waals surface area contributed by atoms with Crippen molar-refractivity contribution in [3.8, 4) is 5.75 Å². The standard InChI is InChI=1S/C16H16N2O4/c17-15(19)11-22-14-4-1-3-12(9-14)10-18-16(20)7-6-13-5-2-8-21-13/h1-9H,10-11H2,(H2,17,19)(H,18,20)/b7-6+. The molecule has 0 bridgehead atoms. The number of furan rings is 1. The Kier molecular flexibility index (Phi) is 5.37. The van der Waals surface area contributed by atoms with Gasteiger partial charge in [0.2, 0.25) is 5.91 Å². The van der Waals surface area contributed by atoms with Crippen molar-refractivity contribution in [1.82, 2.24) is 5.32 Å². The number of primary amides is 1. The van der Waals surface area contributed by atoms with Crippen molar-refractivity contribution in [2.24, 2.45) is 5.73 Å². The van der Waals surface area contributed by atoms with E-state index in [-0.39, 0.29) is 12.5 Å². The van der Waals surface area contributed by atoms with E-state index in [4.69, 9.17) is 14.9 Å². The highest BCUT2D eigenvalue weighted by Crippen LogP contribution is 2.13. The number of hydrogen-bond donors (Lipinski definition) is 2. The molecule has 1 aromatic heterocycles. The molecule has 1 aromatic carbocycles. The second kappa shape index (κ2) is 7.68. The summed E-state index contributed by atoms with van der Waals surface area (Å²) in [7, 11) is 0. The van der Waals surface area contributed by atoms with Crippen molar-refractivity contribution in [3.63, 3.8) is 0 Å². The smallest absolute Gasteiger partial charge is 0.255 e. The average molecular weight is 300 g/mol. The number of ether oxygens (including phenoxy) is 1. The fourth-order valence-corrected chi connectivity index (χ4v) is 1.69. The Morgan fingerprint density at radius 2 is 2.14 bits per heavy atom. The van der Waals surface area contributed by atoms with Crippen LogP contribution < -0.4 is 15.8 Å². The Morgan fingerprint density at radius 1 is 1.27 bits per heavy atom. The fourth-order valence-electron chi connectivity index (χ4n) is 1.69. The molecule has 1 heterocycles. The highest BCUT2D eigenvalue weighted by molar-refractivity contribution is 5.91. The predicted octanol–water partition coefficient (Wildman–Crippen LogP) is 1.47. The Labute approximate surface area is 127 Å². The Bertz CT molecular complexity index is 663. The zero-order valence-corrected chi connectivity index (χ0v) is 11.8. The van der Waals surface area contributed by atoms with Crippen molar-refractivity contribution in [2.75, 3.05) is 6.61 Å². The number of nitrogens with one attached hydrogen (secondary N) is 1. The molecule has 0 fully saturated rings. The third-order valence-corrected chi connectivity index (χ3v) is 2.69. The van der Waals surface area contributed by atoms with Gasteiger partial charge in [0.15, 0.2) is 6.61 Å². The van der Waals surface area contributed by atoms with Crippen LogP contribution in [0.15, 0.2) is 53.2 Å². The normalized spacial score (nSPS) is 10.5. The zero-order valence-electron chi connectivity index (χ0n) is 11.8. The molecule has 114 valence electrons. The topological polar surface area (TPSA) is 94.6 Å². The summed E-state index contributed by atoms with van der Waals surface area (Å²) in [5.74, 6) is 0.357. The van der Waals surface area contributed by atoms with Crippen molar-refractivity contribution in [1.29, 1.82) is 0 Å². The summed E-state index contributed by atoms with van der Waals surface area (Å²) >= 11 is 0. The first-order chi connectivity index (χ1) is 10.6. The summed E-state index contributed by atoms with van der Waals surface area (Å²) in [4.78, 5) is 22.3. The third-order valence-electron chi connectivity index (χ3n) is 2.69. The lowest BCUT2D eigenvalue weighted by Gasteiger charge is -2.07. The summed E-state index contributed by atoms with van der Waals surface area (Å²) in [6, 6.07) is 10.6. The van der Waals surface area contributed by atoms with Crippen LogP contribution in [0.5, 0.6) is 5.75 Å². The van der Waals surface area contributed by atoms with Gasteiger partial charge in [-0.25, -0.2) is 0 Å². The van der Waals surface area contributed by atoms with Crippen LogP contribution in [-0.2, 0) is 16.1 Å². The van der Waals surface area contributed by atoms with E-state index in [0.717, 1.165) is 5.56 Å². The van der Waals surface area contributed by atoms with E-state index < -0.39 is 5.91 Å². The Balaban J connectivity index is 1.84. The molecule has 0 radical (unpaired) electrons. The number of hydrogen-bond acceptors (Lipinski definition) is 4. The summed E-state index contributed by atoms with van der Waals surface area (Å²) in [6.45, 7) is 0.163. The monoisotopic (exact) mass is 300 g/mol. The molecule has 0 spiro atoms. The number of rotatable bonds is 7. The van der Waals surface area contributed by atoms with Gasteiger partial charge in [-0.2, -0.15) is 0 Å². The zero-order chi connectivity index (χ0) is 15.8. The molecule has 6 nitrogen and oxygen atoms in total. The van der Waals surface area contributed by atoms with Gasteiger partial charge >= 0.3 is 0 Å². The molecule has 0 aliphatic rings. The summed E-state index contributed by atoms with van der Waals surface area (Å²) < 4.78 is 10.3. The van der Waals surface area contributed by atoms with Gasteiger partial charge in [-0.05, 0) is 35.9 Å². The first-order valence-electron chi connectivity index (χ1n) is 6.63. The third kappa shape index (κ3) is 5.16. The fraction of sp³-hybridized carbons (Fsp3) is 0.125. The first kappa shape index (κ1) is 15.4. The van der Waals surface area contributed by atoms with Gasteiger partial charge in [-0.3, -0.25) is 9.59 Å². The Hall–Kier alpha value is -3.02. The molecule has 0 aliphatic heterocycles. The highest BCUT2D eigenvalue weighted by atomic mass is 16.5. The van der Waals surface area contributed by atoms with Crippen molar-refractivity contribution in [3.05, 3.63) is 60.1 Å². The predicted molar refractivity (Wildman–Crippen MR) is 80.7 cm³/mol. The number of amides is 2. The van der Waals surface area contributed by atoms with E-state index in [2.05, 4.69) is 5.32 Å². The van der Waals surface area contributed by atoms with Crippen LogP contribution in [0.4, 0.5) is 0 Å². The SMILES string of the molecule is NC(=O)COc1cccc(CNC(=O)/C=C/c2ccco2)c1. The number of carbonyl (C=O) groups excluding carboxylic acids is 2. The second-order valence-electron chi connectivity index (χ2n) is 4.47. The molecule has 22 heavy (non-hydrogen) atoms. The average Bonchev–Trinajstić information content (AvgIpc) is 3.03. The molecule has 0 aliphatic carbocycles. The summed E-state index contributed by atoms with van der Waals surface area (Å²) in [5, 5.41) is 2.74. The van der Waals surface area contributed by atoms with Gasteiger partial charge in [0, 0.05) is 12.6 Å². The molecular weight excluding hydrogens is 284 g/mol. The maximum atomic E-state index is 11.7. The summed E-state index contributed by atoms with van der Waals surface area (Å²) in [6.07, 6.45) is 4.52. The van der Waals surface area contributed by atoms with Gasteiger partial charge in [-0.15, -0.1) is 0 Å². The largest absolute Gasteiger partial charge is 0.484 e. The van der Waals surface area contributed by atoms with Gasteiger partial charge < -0.3 is 20.2 Å². The number of benzene rings is 1. The second-order valence-corrected chi connectivity index (χ2v) is 4.47. The van der Waals surface area contributed by atoms with Crippen molar-refractivity contribution < 1.29 is 18.7 Å². The first-order valence-corrected chi connectivity index (χ1v) is 6.63. The molecule has 2 rings (SSSR count). The molecule has 2 aromatic rings. The maximum Gasteiger partial charge on any atom is 0.255 e. The lowest BCUT2D eigenvalue weighted by atomic mass is 10.2. The van der Waals surface area contributed by atoms with E-state index in [1.54, 1.807) is 36.4 Å². The van der Waals surface area contributed by atoms with E-state index in [0.29, 0.717) is 18.1 Å². The van der Waals surface area contributed by atoms with E-state index in [9.17, 15) is 9.59 Å². The van der Waals surface area contributed by atoms with Gasteiger partial charge in [0.25, 0.3) is 5.91 Å². The van der Waals surface area contributed by atoms with E-state index in [1.807, 2.05) is 6.07 Å². The van der Waals surface area contributed by atoms with Crippen molar-refractivity contribution >= 4 is 17.9 Å². The molecule has 0 saturated carbocycles. The Morgan fingerprint density at radius 3 is 2.86 bits per heavy atom. The van der Waals surface area contributed by atoms with Crippen LogP contribution in [0.1, 0.15) is 11.3 Å². The molecule has 3 N–H and O–H groups in total. The molecule has 0 atom stereocenters. The van der Waals surface area contributed by atoms with Gasteiger partial charge in [0.1, 0.15) is 11.5 Å². The van der Waals surface area contributed by atoms with Crippen LogP contribution in [0.2, 0.25) is 0 Å². The number of carbonyl (C=O) groups is 2.